The van der Waals surface area contributed by atoms with Crippen LogP contribution >= 0.6 is 11.6 Å². The quantitative estimate of drug-likeness (QED) is 0.504. The zero-order valence-electron chi connectivity index (χ0n) is 14.7. The average Bonchev–Trinajstić information content (AvgIpc) is 3.06. The van der Waals surface area contributed by atoms with Crippen LogP contribution in [0.2, 0.25) is 5.15 Å². The summed E-state index contributed by atoms with van der Waals surface area (Å²) in [5, 5.41) is 12.1. The minimum atomic E-state index is -0.462. The van der Waals surface area contributed by atoms with E-state index in [0.29, 0.717) is 18.9 Å². The fraction of sp³-hybridized carbons (Fsp3) is 0.100. The Balaban J connectivity index is 1.64. The molecule has 0 spiro atoms. The van der Waals surface area contributed by atoms with Crippen LogP contribution in [0.1, 0.15) is 16.2 Å². The Morgan fingerprint density at radius 2 is 1.89 bits per heavy atom. The molecule has 0 unspecified atom stereocenters. The first-order chi connectivity index (χ1) is 13.6. The number of amides is 1. The monoisotopic (exact) mass is 393 g/mol. The highest BCUT2D eigenvalue weighted by Gasteiger charge is 2.16. The van der Waals surface area contributed by atoms with E-state index in [-0.39, 0.29) is 16.6 Å². The van der Waals surface area contributed by atoms with Gasteiger partial charge in [-0.1, -0.05) is 29.8 Å². The van der Waals surface area contributed by atoms with Crippen molar-refractivity contribution in [2.75, 3.05) is 5.32 Å². The second-order valence-electron chi connectivity index (χ2n) is 6.11. The van der Waals surface area contributed by atoms with E-state index in [2.05, 4.69) is 20.3 Å². The zero-order valence-corrected chi connectivity index (χ0v) is 15.5. The summed E-state index contributed by atoms with van der Waals surface area (Å²) in [5.41, 5.74) is 2.72. The number of nitrogens with one attached hydrogen (secondary N) is 1. The second kappa shape index (κ2) is 7.66. The van der Waals surface area contributed by atoms with Crippen molar-refractivity contribution in [3.63, 3.8) is 0 Å². The number of nitrogens with zero attached hydrogens (tertiary/aromatic N) is 4. The molecule has 2 N–H and O–H groups in total. The summed E-state index contributed by atoms with van der Waals surface area (Å²) in [6, 6.07) is 16.2. The Bertz CT molecular complexity index is 1140. The molecule has 1 aromatic carbocycles. The average molecular weight is 394 g/mol. The van der Waals surface area contributed by atoms with Gasteiger partial charge in [-0.25, -0.2) is 9.97 Å². The summed E-state index contributed by atoms with van der Waals surface area (Å²) in [6.45, 7) is 0.594. The number of benzene rings is 1. The van der Waals surface area contributed by atoms with Gasteiger partial charge in [-0.05, 0) is 36.4 Å². The zero-order chi connectivity index (χ0) is 19.5. The fourth-order valence-electron chi connectivity index (χ4n) is 2.89. The van der Waals surface area contributed by atoms with E-state index >= 15 is 0 Å². The first kappa shape index (κ1) is 17.9. The Labute approximate surface area is 165 Å². The SMILES string of the molecule is O=C(Nc1nc2ccccc2n1CCc1ccccn1)c1ccc(O)c(Cl)n1. The summed E-state index contributed by atoms with van der Waals surface area (Å²) >= 11 is 5.81. The number of aryl methyl sites for hydroxylation is 2. The molecule has 0 fully saturated rings. The van der Waals surface area contributed by atoms with Crippen LogP contribution in [0.5, 0.6) is 5.75 Å². The van der Waals surface area contributed by atoms with E-state index in [1.54, 1.807) is 6.20 Å². The molecule has 7 nitrogen and oxygen atoms in total. The summed E-state index contributed by atoms with van der Waals surface area (Å²) in [4.78, 5) is 25.4. The minimum absolute atomic E-state index is 0.0890. The molecule has 3 heterocycles. The molecule has 0 saturated heterocycles. The van der Waals surface area contributed by atoms with Crippen LogP contribution in [0.3, 0.4) is 0 Å². The molecule has 1 amide bonds. The number of aromatic hydroxyl groups is 1. The van der Waals surface area contributed by atoms with Gasteiger partial charge in [0, 0.05) is 24.9 Å². The molecule has 0 saturated carbocycles. The number of hydrogen-bond acceptors (Lipinski definition) is 5. The Kier molecular flexibility index (Phi) is 4.90. The molecule has 8 heteroatoms. The first-order valence-corrected chi connectivity index (χ1v) is 9.01. The number of anilines is 1. The van der Waals surface area contributed by atoms with Crippen molar-refractivity contribution in [2.24, 2.45) is 0 Å². The summed E-state index contributed by atoms with van der Waals surface area (Å²) in [6.07, 6.45) is 2.44. The summed E-state index contributed by atoms with van der Waals surface area (Å²) in [5.74, 6) is -0.231. The lowest BCUT2D eigenvalue weighted by Gasteiger charge is -2.10. The van der Waals surface area contributed by atoms with Crippen LogP contribution in [-0.4, -0.2) is 30.5 Å². The first-order valence-electron chi connectivity index (χ1n) is 8.64. The molecule has 0 atom stereocenters. The van der Waals surface area contributed by atoms with Crippen molar-refractivity contribution < 1.29 is 9.90 Å². The van der Waals surface area contributed by atoms with Crippen LogP contribution in [0.4, 0.5) is 5.95 Å². The van der Waals surface area contributed by atoms with E-state index in [4.69, 9.17) is 11.6 Å². The number of carbonyl (C=O) groups is 1. The number of pyridine rings is 2. The van der Waals surface area contributed by atoms with Crippen LogP contribution in [0, 0.1) is 0 Å². The number of halogens is 1. The van der Waals surface area contributed by atoms with Gasteiger partial charge in [-0.3, -0.25) is 15.1 Å². The van der Waals surface area contributed by atoms with Gasteiger partial charge in [-0.2, -0.15) is 0 Å². The molecule has 4 aromatic rings. The van der Waals surface area contributed by atoms with Crippen LogP contribution in [0.25, 0.3) is 11.0 Å². The van der Waals surface area contributed by atoms with Gasteiger partial charge < -0.3 is 9.67 Å². The predicted octanol–water partition coefficient (Wildman–Crippen LogP) is 3.68. The summed E-state index contributed by atoms with van der Waals surface area (Å²) in [7, 11) is 0. The highest BCUT2D eigenvalue weighted by molar-refractivity contribution is 6.31. The number of imidazole rings is 1. The normalized spacial score (nSPS) is 10.9. The van der Waals surface area contributed by atoms with E-state index in [1.165, 1.54) is 12.1 Å². The van der Waals surface area contributed by atoms with Gasteiger partial charge in [0.15, 0.2) is 10.9 Å². The third-order valence-electron chi connectivity index (χ3n) is 4.26. The van der Waals surface area contributed by atoms with Gasteiger partial charge >= 0.3 is 0 Å². The molecule has 3 aromatic heterocycles. The van der Waals surface area contributed by atoms with Crippen LogP contribution in [-0.2, 0) is 13.0 Å². The topological polar surface area (TPSA) is 92.9 Å². The predicted molar refractivity (Wildman–Crippen MR) is 107 cm³/mol. The number of fused-ring (bicyclic) bond motifs is 1. The van der Waals surface area contributed by atoms with E-state index in [0.717, 1.165) is 16.7 Å². The number of para-hydroxylation sites is 2. The third kappa shape index (κ3) is 3.65. The largest absolute Gasteiger partial charge is 0.505 e. The Hall–Kier alpha value is -3.45. The maximum atomic E-state index is 12.6. The van der Waals surface area contributed by atoms with Crippen molar-refractivity contribution >= 4 is 34.5 Å². The standard InChI is InChI=1S/C20H16ClN5O2/c21-18-17(27)9-8-15(23-18)19(28)25-20-24-14-6-1-2-7-16(14)26(20)12-10-13-5-3-4-11-22-13/h1-9,11,27H,10,12H2,(H,24,25,28). The molecule has 0 aliphatic carbocycles. The lowest BCUT2D eigenvalue weighted by Crippen LogP contribution is -2.18. The summed E-state index contributed by atoms with van der Waals surface area (Å²) < 4.78 is 1.93. The number of aromatic nitrogens is 4. The maximum absolute atomic E-state index is 12.6. The molecule has 0 bridgehead atoms. The smallest absolute Gasteiger partial charge is 0.276 e. The van der Waals surface area contributed by atoms with Crippen LogP contribution < -0.4 is 5.32 Å². The molecular formula is C20H16ClN5O2. The van der Waals surface area contributed by atoms with Gasteiger partial charge in [0.2, 0.25) is 5.95 Å². The second-order valence-corrected chi connectivity index (χ2v) is 6.47. The van der Waals surface area contributed by atoms with Crippen molar-refractivity contribution in [1.29, 1.82) is 0 Å². The van der Waals surface area contributed by atoms with E-state index in [9.17, 15) is 9.90 Å². The molecule has 28 heavy (non-hydrogen) atoms. The Morgan fingerprint density at radius 1 is 1.07 bits per heavy atom. The van der Waals surface area contributed by atoms with Crippen molar-refractivity contribution in [3.05, 3.63) is 77.3 Å². The molecule has 0 radical (unpaired) electrons. The van der Waals surface area contributed by atoms with Gasteiger partial charge in [0.05, 0.1) is 11.0 Å². The molecular weight excluding hydrogens is 378 g/mol. The minimum Gasteiger partial charge on any atom is -0.505 e. The van der Waals surface area contributed by atoms with Crippen molar-refractivity contribution in [1.82, 2.24) is 19.5 Å². The van der Waals surface area contributed by atoms with Gasteiger partial charge in [0.1, 0.15) is 5.69 Å². The van der Waals surface area contributed by atoms with E-state index < -0.39 is 5.91 Å². The van der Waals surface area contributed by atoms with Gasteiger partial charge in [0.25, 0.3) is 5.91 Å². The van der Waals surface area contributed by atoms with E-state index in [1.807, 2.05) is 47.0 Å². The maximum Gasteiger partial charge on any atom is 0.276 e. The van der Waals surface area contributed by atoms with Crippen LogP contribution in [0.15, 0.2) is 60.8 Å². The highest BCUT2D eigenvalue weighted by atomic mass is 35.5. The molecule has 140 valence electrons. The number of hydrogen-bond donors (Lipinski definition) is 2. The number of rotatable bonds is 5. The van der Waals surface area contributed by atoms with Crippen molar-refractivity contribution in [2.45, 2.75) is 13.0 Å². The lowest BCUT2D eigenvalue weighted by molar-refractivity contribution is 0.102. The fourth-order valence-corrected chi connectivity index (χ4v) is 3.04. The van der Waals surface area contributed by atoms with Crippen molar-refractivity contribution in [3.8, 4) is 5.75 Å². The lowest BCUT2D eigenvalue weighted by atomic mass is 10.2. The molecule has 4 rings (SSSR count). The highest BCUT2D eigenvalue weighted by Crippen LogP contribution is 2.22. The Morgan fingerprint density at radius 3 is 2.68 bits per heavy atom. The molecule has 0 aliphatic rings. The number of carbonyl (C=O) groups excluding carboxylic acids is 1. The third-order valence-corrected chi connectivity index (χ3v) is 4.54. The molecule has 0 aliphatic heterocycles. The van der Waals surface area contributed by atoms with Gasteiger partial charge in [-0.15, -0.1) is 0 Å².